The first-order valence-corrected chi connectivity index (χ1v) is 5.37. The van der Waals surface area contributed by atoms with E-state index in [1.165, 1.54) is 12.1 Å². The number of allylic oxidation sites excluding steroid dienone is 1. The number of hydrogen-bond acceptors (Lipinski definition) is 2. The summed E-state index contributed by atoms with van der Waals surface area (Å²) in [6.45, 7) is 5.73. The summed E-state index contributed by atoms with van der Waals surface area (Å²) >= 11 is 0. The maximum absolute atomic E-state index is 12.4. The van der Waals surface area contributed by atoms with Crippen molar-refractivity contribution in [3.8, 4) is 0 Å². The highest BCUT2D eigenvalue weighted by molar-refractivity contribution is 5.65. The van der Waals surface area contributed by atoms with Gasteiger partial charge in [-0.05, 0) is 24.6 Å². The van der Waals surface area contributed by atoms with Crippen LogP contribution in [0.2, 0.25) is 0 Å². The van der Waals surface area contributed by atoms with Crippen LogP contribution in [0.4, 0.5) is 13.2 Å². The summed E-state index contributed by atoms with van der Waals surface area (Å²) in [7, 11) is 0. The van der Waals surface area contributed by atoms with Gasteiger partial charge in [-0.1, -0.05) is 24.8 Å². The Bertz CT molecular complexity index is 444. The molecule has 0 saturated heterocycles. The highest BCUT2D eigenvalue weighted by atomic mass is 19.4. The molecule has 0 bridgehead atoms. The molecule has 5 heteroatoms. The molecule has 0 amide bonds. The zero-order valence-electron chi connectivity index (χ0n) is 10.0. The normalized spacial score (nSPS) is 12.4. The van der Waals surface area contributed by atoms with Crippen LogP contribution in [0.15, 0.2) is 42.6 Å². The van der Waals surface area contributed by atoms with Crippen LogP contribution in [0.5, 0.6) is 0 Å². The van der Waals surface area contributed by atoms with Crippen molar-refractivity contribution in [2.24, 2.45) is 5.73 Å². The number of nitrogens with one attached hydrogen (secondary N) is 1. The third-order valence-corrected chi connectivity index (χ3v) is 2.37. The van der Waals surface area contributed by atoms with E-state index in [4.69, 9.17) is 5.73 Å². The van der Waals surface area contributed by atoms with Gasteiger partial charge >= 0.3 is 6.18 Å². The van der Waals surface area contributed by atoms with Gasteiger partial charge < -0.3 is 11.1 Å². The van der Waals surface area contributed by atoms with Crippen molar-refractivity contribution in [3.05, 3.63) is 53.7 Å². The van der Waals surface area contributed by atoms with Gasteiger partial charge in [0.25, 0.3) is 0 Å². The Morgan fingerprint density at radius 1 is 1.33 bits per heavy atom. The zero-order chi connectivity index (χ0) is 13.8. The summed E-state index contributed by atoms with van der Waals surface area (Å²) in [5.74, 6) is 0. The highest BCUT2D eigenvalue weighted by Gasteiger charge is 2.29. The monoisotopic (exact) mass is 256 g/mol. The van der Waals surface area contributed by atoms with Gasteiger partial charge in [0.05, 0.1) is 5.56 Å². The average Bonchev–Trinajstić information content (AvgIpc) is 2.34. The fourth-order valence-electron chi connectivity index (χ4n) is 1.39. The van der Waals surface area contributed by atoms with E-state index in [-0.39, 0.29) is 6.54 Å². The standard InChI is InChI=1S/C13H15F3N2/c1-3-12(18-9(2)8-17)10-4-6-11(7-5-10)13(14,15)16/h3-7,18H,2,8,17H2,1H3/b12-3-. The molecule has 0 unspecified atom stereocenters. The molecule has 1 rings (SSSR count). The van der Waals surface area contributed by atoms with E-state index in [0.29, 0.717) is 17.0 Å². The number of nitrogens with two attached hydrogens (primary N) is 1. The Morgan fingerprint density at radius 3 is 2.28 bits per heavy atom. The van der Waals surface area contributed by atoms with Crippen molar-refractivity contribution in [2.45, 2.75) is 13.1 Å². The van der Waals surface area contributed by atoms with Crippen LogP contribution in [-0.2, 0) is 6.18 Å². The van der Waals surface area contributed by atoms with Crippen molar-refractivity contribution in [1.82, 2.24) is 5.32 Å². The maximum Gasteiger partial charge on any atom is 0.416 e. The second kappa shape index (κ2) is 5.73. The number of halogens is 3. The van der Waals surface area contributed by atoms with Gasteiger partial charge in [-0.2, -0.15) is 13.2 Å². The van der Waals surface area contributed by atoms with Crippen LogP contribution in [0.25, 0.3) is 5.70 Å². The van der Waals surface area contributed by atoms with E-state index in [0.717, 1.165) is 12.1 Å². The number of hydrogen-bond donors (Lipinski definition) is 2. The predicted octanol–water partition coefficient (Wildman–Crippen LogP) is 3.13. The number of benzene rings is 1. The van der Waals surface area contributed by atoms with Crippen molar-refractivity contribution >= 4 is 5.70 Å². The minimum Gasteiger partial charge on any atom is -0.358 e. The molecule has 0 heterocycles. The van der Waals surface area contributed by atoms with Gasteiger partial charge in [0.1, 0.15) is 0 Å². The first-order valence-electron chi connectivity index (χ1n) is 5.37. The van der Waals surface area contributed by atoms with Gasteiger partial charge in [-0.25, -0.2) is 0 Å². The lowest BCUT2D eigenvalue weighted by molar-refractivity contribution is -0.137. The van der Waals surface area contributed by atoms with Crippen LogP contribution in [0, 0.1) is 0 Å². The highest BCUT2D eigenvalue weighted by Crippen LogP contribution is 2.29. The molecule has 0 spiro atoms. The predicted molar refractivity (Wildman–Crippen MR) is 66.4 cm³/mol. The molecular weight excluding hydrogens is 241 g/mol. The first-order chi connectivity index (χ1) is 8.38. The molecule has 1 aromatic carbocycles. The molecule has 98 valence electrons. The molecule has 0 aliphatic rings. The summed E-state index contributed by atoms with van der Waals surface area (Å²) in [4.78, 5) is 0. The van der Waals surface area contributed by atoms with Crippen molar-refractivity contribution in [1.29, 1.82) is 0 Å². The Kier molecular flexibility index (Phi) is 4.55. The lowest BCUT2D eigenvalue weighted by Crippen LogP contribution is -2.18. The smallest absolute Gasteiger partial charge is 0.358 e. The molecule has 3 N–H and O–H groups in total. The van der Waals surface area contributed by atoms with Crippen LogP contribution in [0.3, 0.4) is 0 Å². The van der Waals surface area contributed by atoms with E-state index in [1.54, 1.807) is 13.0 Å². The second-order valence-corrected chi connectivity index (χ2v) is 3.71. The molecule has 0 aliphatic heterocycles. The fourth-order valence-corrected chi connectivity index (χ4v) is 1.39. The molecule has 0 fully saturated rings. The van der Waals surface area contributed by atoms with Crippen molar-refractivity contribution < 1.29 is 13.2 Å². The second-order valence-electron chi connectivity index (χ2n) is 3.71. The molecule has 2 nitrogen and oxygen atoms in total. The molecular formula is C13H15F3N2. The lowest BCUT2D eigenvalue weighted by atomic mass is 10.1. The van der Waals surface area contributed by atoms with Crippen molar-refractivity contribution in [3.63, 3.8) is 0 Å². The first kappa shape index (κ1) is 14.3. The quantitative estimate of drug-likeness (QED) is 0.868. The SMILES string of the molecule is C=C(CN)N/C(=C\C)c1ccc(C(F)(F)F)cc1. The van der Waals surface area contributed by atoms with E-state index >= 15 is 0 Å². The molecule has 0 radical (unpaired) electrons. The Balaban J connectivity index is 2.93. The van der Waals surface area contributed by atoms with E-state index in [1.807, 2.05) is 0 Å². The molecule has 1 aromatic rings. The summed E-state index contributed by atoms with van der Waals surface area (Å²) in [5.41, 5.74) is 6.66. The lowest BCUT2D eigenvalue weighted by Gasteiger charge is -2.13. The Labute approximate surface area is 104 Å². The summed E-state index contributed by atoms with van der Waals surface area (Å²) in [5, 5.41) is 2.95. The Morgan fingerprint density at radius 2 is 1.89 bits per heavy atom. The summed E-state index contributed by atoms with van der Waals surface area (Å²) in [6, 6.07) is 4.92. The van der Waals surface area contributed by atoms with Crippen LogP contribution < -0.4 is 11.1 Å². The number of rotatable bonds is 4. The molecule has 0 atom stereocenters. The van der Waals surface area contributed by atoms with Gasteiger partial charge in [0.15, 0.2) is 0 Å². The average molecular weight is 256 g/mol. The largest absolute Gasteiger partial charge is 0.416 e. The zero-order valence-corrected chi connectivity index (χ0v) is 10.0. The fraction of sp³-hybridized carbons (Fsp3) is 0.231. The molecule has 18 heavy (non-hydrogen) atoms. The van der Waals surface area contributed by atoms with Gasteiger partial charge in [-0.3, -0.25) is 0 Å². The third kappa shape index (κ3) is 3.63. The van der Waals surface area contributed by atoms with Gasteiger partial charge in [0.2, 0.25) is 0 Å². The minimum atomic E-state index is -4.32. The number of alkyl halides is 3. The maximum atomic E-state index is 12.4. The third-order valence-electron chi connectivity index (χ3n) is 2.37. The van der Waals surface area contributed by atoms with E-state index in [9.17, 15) is 13.2 Å². The van der Waals surface area contributed by atoms with E-state index < -0.39 is 11.7 Å². The summed E-state index contributed by atoms with van der Waals surface area (Å²) < 4.78 is 37.2. The van der Waals surface area contributed by atoms with Gasteiger partial charge in [-0.15, -0.1) is 0 Å². The van der Waals surface area contributed by atoms with Crippen LogP contribution in [-0.4, -0.2) is 6.54 Å². The summed E-state index contributed by atoms with van der Waals surface area (Å²) in [6.07, 6.45) is -2.56. The van der Waals surface area contributed by atoms with Crippen LogP contribution >= 0.6 is 0 Å². The molecule has 0 saturated carbocycles. The Hall–Kier alpha value is -1.75. The van der Waals surface area contributed by atoms with Crippen molar-refractivity contribution in [2.75, 3.05) is 6.54 Å². The topological polar surface area (TPSA) is 38.0 Å². The van der Waals surface area contributed by atoms with E-state index in [2.05, 4.69) is 11.9 Å². The van der Waals surface area contributed by atoms with Gasteiger partial charge in [0, 0.05) is 17.9 Å². The molecule has 0 aliphatic carbocycles. The minimum absolute atomic E-state index is 0.262. The molecule has 0 aromatic heterocycles. The van der Waals surface area contributed by atoms with Crippen LogP contribution in [0.1, 0.15) is 18.1 Å².